The van der Waals surface area contributed by atoms with Gasteiger partial charge < -0.3 is 4.98 Å². The third-order valence-corrected chi connectivity index (χ3v) is 4.65. The Kier molecular flexibility index (Phi) is 3.87. The van der Waals surface area contributed by atoms with Crippen molar-refractivity contribution in [1.82, 2.24) is 19.9 Å². The van der Waals surface area contributed by atoms with Gasteiger partial charge in [-0.05, 0) is 24.5 Å². The molecule has 0 unspecified atom stereocenters. The number of aromatic amines is 1. The van der Waals surface area contributed by atoms with Gasteiger partial charge in [-0.25, -0.2) is 4.98 Å². The maximum absolute atomic E-state index is 12.6. The lowest BCUT2D eigenvalue weighted by molar-refractivity contribution is -0.141. The molecular formula is C17H17F3N4O. The van der Waals surface area contributed by atoms with Crippen LogP contribution in [0.15, 0.2) is 23.1 Å². The number of fused-ring (bicyclic) bond motifs is 1. The van der Waals surface area contributed by atoms with Gasteiger partial charge in [0.25, 0.3) is 5.56 Å². The summed E-state index contributed by atoms with van der Waals surface area (Å²) in [4.78, 5) is 25.3. The second-order valence-corrected chi connectivity index (χ2v) is 6.66. The summed E-state index contributed by atoms with van der Waals surface area (Å²) in [5, 5.41) is 0. The van der Waals surface area contributed by atoms with E-state index in [1.165, 1.54) is 12.3 Å². The first kappa shape index (κ1) is 16.3. The summed E-state index contributed by atoms with van der Waals surface area (Å²) in [7, 11) is 0. The molecule has 1 fully saturated rings. The maximum Gasteiger partial charge on any atom is 0.433 e. The fourth-order valence-corrected chi connectivity index (χ4v) is 3.13. The van der Waals surface area contributed by atoms with Crippen LogP contribution in [0.3, 0.4) is 0 Å². The smallest absolute Gasteiger partial charge is 0.310 e. The highest BCUT2D eigenvalue weighted by Gasteiger charge is 2.32. The van der Waals surface area contributed by atoms with Crippen molar-refractivity contribution >= 4 is 0 Å². The van der Waals surface area contributed by atoms with Crippen LogP contribution < -0.4 is 5.56 Å². The minimum atomic E-state index is -4.43. The predicted octanol–water partition coefficient (Wildman–Crippen LogP) is 2.62. The van der Waals surface area contributed by atoms with E-state index in [2.05, 4.69) is 15.0 Å². The van der Waals surface area contributed by atoms with Crippen LogP contribution in [0, 0.1) is 0 Å². The summed E-state index contributed by atoms with van der Waals surface area (Å²) >= 11 is 0. The molecule has 0 atom stereocenters. The monoisotopic (exact) mass is 350 g/mol. The van der Waals surface area contributed by atoms with E-state index < -0.39 is 11.9 Å². The van der Waals surface area contributed by atoms with E-state index in [-0.39, 0.29) is 5.56 Å². The maximum atomic E-state index is 12.6. The van der Waals surface area contributed by atoms with Crippen LogP contribution in [-0.2, 0) is 25.7 Å². The Morgan fingerprint density at radius 2 is 2.08 bits per heavy atom. The molecule has 25 heavy (non-hydrogen) atoms. The SMILES string of the molecule is O=c1[nH]c(C2CC2)nc2c1CN(Cc1ccc(C(F)(F)F)nc1)CC2. The Hall–Kier alpha value is -2.22. The summed E-state index contributed by atoms with van der Waals surface area (Å²) < 4.78 is 37.7. The lowest BCUT2D eigenvalue weighted by Gasteiger charge is -2.27. The molecule has 0 radical (unpaired) electrons. The van der Waals surface area contributed by atoms with E-state index in [0.29, 0.717) is 43.1 Å². The molecule has 2 aromatic rings. The number of rotatable bonds is 3. The van der Waals surface area contributed by atoms with Crippen LogP contribution in [0.5, 0.6) is 0 Å². The van der Waals surface area contributed by atoms with E-state index in [1.54, 1.807) is 0 Å². The number of nitrogens with one attached hydrogen (secondary N) is 1. The number of alkyl halides is 3. The zero-order valence-corrected chi connectivity index (χ0v) is 13.4. The number of nitrogens with zero attached hydrogens (tertiary/aromatic N) is 3. The highest BCUT2D eigenvalue weighted by molar-refractivity contribution is 5.23. The summed E-state index contributed by atoms with van der Waals surface area (Å²) in [6, 6.07) is 2.42. The number of pyridine rings is 1. The molecule has 132 valence electrons. The molecule has 0 saturated heterocycles. The summed E-state index contributed by atoms with van der Waals surface area (Å²) in [6.07, 6.45) is -0.353. The lowest BCUT2D eigenvalue weighted by Crippen LogP contribution is -2.35. The molecule has 4 rings (SSSR count). The van der Waals surface area contributed by atoms with Crippen molar-refractivity contribution in [1.29, 1.82) is 0 Å². The molecular weight excluding hydrogens is 333 g/mol. The molecule has 8 heteroatoms. The van der Waals surface area contributed by atoms with Crippen LogP contribution in [0.2, 0.25) is 0 Å². The van der Waals surface area contributed by atoms with Gasteiger partial charge in [-0.1, -0.05) is 6.07 Å². The summed E-state index contributed by atoms with van der Waals surface area (Å²) in [5.74, 6) is 1.19. The first-order valence-corrected chi connectivity index (χ1v) is 8.26. The average Bonchev–Trinajstić information content (AvgIpc) is 3.40. The van der Waals surface area contributed by atoms with Gasteiger partial charge in [0, 0.05) is 38.2 Å². The normalized spacial score (nSPS) is 18.2. The van der Waals surface area contributed by atoms with Gasteiger partial charge in [-0.3, -0.25) is 14.7 Å². The van der Waals surface area contributed by atoms with Gasteiger partial charge in [0.15, 0.2) is 0 Å². The molecule has 2 aliphatic rings. The van der Waals surface area contributed by atoms with Crippen molar-refractivity contribution in [3.63, 3.8) is 0 Å². The number of hydrogen-bond donors (Lipinski definition) is 1. The molecule has 3 heterocycles. The number of aromatic nitrogens is 3. The third kappa shape index (κ3) is 3.44. The van der Waals surface area contributed by atoms with E-state index in [0.717, 1.165) is 30.4 Å². The zero-order chi connectivity index (χ0) is 17.6. The lowest BCUT2D eigenvalue weighted by atomic mass is 10.1. The topological polar surface area (TPSA) is 61.9 Å². The first-order valence-electron chi connectivity index (χ1n) is 8.26. The molecule has 1 saturated carbocycles. The highest BCUT2D eigenvalue weighted by Crippen LogP contribution is 2.37. The molecule has 0 aromatic carbocycles. The Labute approximate surface area is 141 Å². The molecule has 2 aromatic heterocycles. The molecule has 0 amide bonds. The molecule has 5 nitrogen and oxygen atoms in total. The van der Waals surface area contributed by atoms with E-state index in [9.17, 15) is 18.0 Å². The minimum Gasteiger partial charge on any atom is -0.310 e. The summed E-state index contributed by atoms with van der Waals surface area (Å²) in [5.41, 5.74) is 1.22. The zero-order valence-electron chi connectivity index (χ0n) is 13.4. The van der Waals surface area contributed by atoms with Crippen molar-refractivity contribution in [2.45, 2.75) is 44.4 Å². The number of hydrogen-bond acceptors (Lipinski definition) is 4. The second kappa shape index (κ2) is 5.94. The third-order valence-electron chi connectivity index (χ3n) is 4.65. The van der Waals surface area contributed by atoms with Gasteiger partial charge in [0.1, 0.15) is 11.5 Å². The number of halogens is 3. The average molecular weight is 350 g/mol. The van der Waals surface area contributed by atoms with E-state index >= 15 is 0 Å². The number of H-pyrrole nitrogens is 1. The summed E-state index contributed by atoms with van der Waals surface area (Å²) in [6.45, 7) is 1.62. The first-order chi connectivity index (χ1) is 11.9. The molecule has 1 aliphatic carbocycles. The van der Waals surface area contributed by atoms with Crippen molar-refractivity contribution in [2.75, 3.05) is 6.54 Å². The fourth-order valence-electron chi connectivity index (χ4n) is 3.13. The van der Waals surface area contributed by atoms with Crippen LogP contribution in [-0.4, -0.2) is 26.4 Å². The van der Waals surface area contributed by atoms with Crippen molar-refractivity contribution < 1.29 is 13.2 Å². The molecule has 0 spiro atoms. The molecule has 0 bridgehead atoms. The van der Waals surface area contributed by atoms with E-state index in [1.807, 2.05) is 4.90 Å². The van der Waals surface area contributed by atoms with Gasteiger partial charge in [0.05, 0.1) is 11.3 Å². The largest absolute Gasteiger partial charge is 0.433 e. The van der Waals surface area contributed by atoms with Crippen LogP contribution in [0.25, 0.3) is 0 Å². The van der Waals surface area contributed by atoms with Crippen molar-refractivity contribution in [3.05, 3.63) is 57.0 Å². The Balaban J connectivity index is 1.48. The van der Waals surface area contributed by atoms with E-state index in [4.69, 9.17) is 0 Å². The highest BCUT2D eigenvalue weighted by atomic mass is 19.4. The fraction of sp³-hybridized carbons (Fsp3) is 0.471. The van der Waals surface area contributed by atoms with Gasteiger partial charge >= 0.3 is 6.18 Å². The van der Waals surface area contributed by atoms with Gasteiger partial charge in [0.2, 0.25) is 0 Å². The minimum absolute atomic E-state index is 0.0952. The predicted molar refractivity (Wildman–Crippen MR) is 83.9 cm³/mol. The van der Waals surface area contributed by atoms with Crippen LogP contribution in [0.4, 0.5) is 13.2 Å². The van der Waals surface area contributed by atoms with Crippen LogP contribution >= 0.6 is 0 Å². The van der Waals surface area contributed by atoms with Crippen LogP contribution in [0.1, 0.15) is 47.1 Å². The standard InChI is InChI=1S/C17H17F3N4O/c18-17(19,20)14-4-1-10(7-21-14)8-24-6-5-13-12(9-24)16(25)23-15(22-13)11-2-3-11/h1,4,7,11H,2-3,5-6,8-9H2,(H,22,23,25). The Morgan fingerprint density at radius 1 is 1.28 bits per heavy atom. The molecule has 1 aliphatic heterocycles. The van der Waals surface area contributed by atoms with Crippen molar-refractivity contribution in [2.24, 2.45) is 0 Å². The molecule has 1 N–H and O–H groups in total. The van der Waals surface area contributed by atoms with Gasteiger partial charge in [-0.15, -0.1) is 0 Å². The second-order valence-electron chi connectivity index (χ2n) is 6.66. The quantitative estimate of drug-likeness (QED) is 0.924. The van der Waals surface area contributed by atoms with Gasteiger partial charge in [-0.2, -0.15) is 13.2 Å². The Morgan fingerprint density at radius 3 is 2.72 bits per heavy atom. The van der Waals surface area contributed by atoms with Crippen molar-refractivity contribution in [3.8, 4) is 0 Å². The Bertz CT molecular complexity index is 840.